The number of ether oxygens (including phenoxy) is 1. The molecule has 1 aromatic carbocycles. The van der Waals surface area contributed by atoms with E-state index in [4.69, 9.17) is 10.00 Å². The Morgan fingerprint density at radius 1 is 1.29 bits per heavy atom. The van der Waals surface area contributed by atoms with Crippen LogP contribution < -0.4 is 5.32 Å². The second-order valence-corrected chi connectivity index (χ2v) is 4.35. The topological polar surface area (TPSA) is 82.4 Å². The maximum absolute atomic E-state index is 12.1. The molecule has 0 saturated carbocycles. The predicted molar refractivity (Wildman–Crippen MR) is 78.7 cm³/mol. The zero-order valence-electron chi connectivity index (χ0n) is 12.3. The Hall–Kier alpha value is -2.55. The van der Waals surface area contributed by atoms with Gasteiger partial charge in [-0.3, -0.25) is 4.79 Å². The number of anilines is 1. The molecule has 0 radical (unpaired) electrons. The molecular weight excluding hydrogens is 270 g/mol. The number of amides is 2. The van der Waals surface area contributed by atoms with Gasteiger partial charge in [0.2, 0.25) is 0 Å². The molecule has 0 aliphatic carbocycles. The van der Waals surface area contributed by atoms with Crippen LogP contribution in [0.2, 0.25) is 0 Å². The van der Waals surface area contributed by atoms with Gasteiger partial charge in [0, 0.05) is 12.2 Å². The number of urea groups is 1. The van der Waals surface area contributed by atoms with E-state index in [1.165, 1.54) is 4.90 Å². The zero-order chi connectivity index (χ0) is 15.7. The molecule has 0 aliphatic rings. The van der Waals surface area contributed by atoms with E-state index in [9.17, 15) is 9.59 Å². The first-order valence-corrected chi connectivity index (χ1v) is 6.82. The van der Waals surface area contributed by atoms with E-state index in [1.807, 2.05) is 13.0 Å². The number of carbonyl (C=O) groups is 2. The third-order valence-corrected chi connectivity index (χ3v) is 2.67. The van der Waals surface area contributed by atoms with Crippen molar-refractivity contribution in [1.29, 1.82) is 5.26 Å². The summed E-state index contributed by atoms with van der Waals surface area (Å²) in [5, 5.41) is 11.4. The molecule has 21 heavy (non-hydrogen) atoms. The van der Waals surface area contributed by atoms with Crippen molar-refractivity contribution in [2.45, 2.75) is 20.3 Å². The number of nitrogens with one attached hydrogen (secondary N) is 1. The van der Waals surface area contributed by atoms with Crippen molar-refractivity contribution < 1.29 is 14.3 Å². The van der Waals surface area contributed by atoms with Gasteiger partial charge in [0.15, 0.2) is 0 Å². The maximum atomic E-state index is 12.1. The van der Waals surface area contributed by atoms with Crippen LogP contribution in [0.5, 0.6) is 0 Å². The Balaban J connectivity index is 2.67. The summed E-state index contributed by atoms with van der Waals surface area (Å²) in [7, 11) is 0. The highest BCUT2D eigenvalue weighted by Crippen LogP contribution is 2.10. The van der Waals surface area contributed by atoms with E-state index in [0.29, 0.717) is 17.8 Å². The van der Waals surface area contributed by atoms with E-state index in [1.54, 1.807) is 31.2 Å². The van der Waals surface area contributed by atoms with Crippen molar-refractivity contribution in [2.24, 2.45) is 0 Å². The van der Waals surface area contributed by atoms with Gasteiger partial charge in [-0.15, -0.1) is 0 Å². The number of esters is 1. The molecule has 1 rings (SSSR count). The molecule has 6 heteroatoms. The monoisotopic (exact) mass is 289 g/mol. The first-order chi connectivity index (χ1) is 10.1. The standard InChI is InChI=1S/C15H19N3O3/c1-3-9-18(11-14(19)21-4-2)15(20)17-13-7-5-12(10-16)6-8-13/h5-8H,3-4,9,11H2,1-2H3,(H,17,20). The number of carbonyl (C=O) groups excluding carboxylic acids is 2. The van der Waals surface area contributed by atoms with E-state index >= 15 is 0 Å². The van der Waals surface area contributed by atoms with Crippen molar-refractivity contribution in [3.05, 3.63) is 29.8 Å². The van der Waals surface area contributed by atoms with Crippen LogP contribution in [0.3, 0.4) is 0 Å². The fourth-order valence-corrected chi connectivity index (χ4v) is 1.72. The Bertz CT molecular complexity index is 520. The SMILES string of the molecule is CCCN(CC(=O)OCC)C(=O)Nc1ccc(C#N)cc1. The first-order valence-electron chi connectivity index (χ1n) is 6.82. The molecule has 0 spiro atoms. The first kappa shape index (κ1) is 16.5. The lowest BCUT2D eigenvalue weighted by atomic mass is 10.2. The number of hydrogen-bond acceptors (Lipinski definition) is 4. The molecule has 0 aromatic heterocycles. The number of rotatable bonds is 6. The highest BCUT2D eigenvalue weighted by Gasteiger charge is 2.17. The summed E-state index contributed by atoms with van der Waals surface area (Å²) in [4.78, 5) is 25.0. The smallest absolute Gasteiger partial charge is 0.325 e. The lowest BCUT2D eigenvalue weighted by molar-refractivity contribution is -0.143. The highest BCUT2D eigenvalue weighted by atomic mass is 16.5. The lowest BCUT2D eigenvalue weighted by Gasteiger charge is -2.21. The van der Waals surface area contributed by atoms with Crippen molar-refractivity contribution in [3.63, 3.8) is 0 Å². The Morgan fingerprint density at radius 2 is 1.95 bits per heavy atom. The van der Waals surface area contributed by atoms with Gasteiger partial charge in [0.05, 0.1) is 18.2 Å². The predicted octanol–water partition coefficient (Wildman–Crippen LogP) is 2.37. The van der Waals surface area contributed by atoms with Gasteiger partial charge >= 0.3 is 12.0 Å². The van der Waals surface area contributed by atoms with Gasteiger partial charge in [0.25, 0.3) is 0 Å². The van der Waals surface area contributed by atoms with Crippen LogP contribution in [0.1, 0.15) is 25.8 Å². The largest absolute Gasteiger partial charge is 0.465 e. The Labute approximate surface area is 124 Å². The summed E-state index contributed by atoms with van der Waals surface area (Å²) in [6.07, 6.45) is 0.736. The summed E-state index contributed by atoms with van der Waals surface area (Å²) in [5.74, 6) is -0.430. The van der Waals surface area contributed by atoms with Gasteiger partial charge in [-0.25, -0.2) is 4.79 Å². The van der Waals surface area contributed by atoms with Crippen molar-refractivity contribution in [1.82, 2.24) is 4.90 Å². The number of hydrogen-bond donors (Lipinski definition) is 1. The summed E-state index contributed by atoms with van der Waals surface area (Å²) in [5.41, 5.74) is 1.09. The van der Waals surface area contributed by atoms with Gasteiger partial charge in [-0.1, -0.05) is 6.92 Å². The van der Waals surface area contributed by atoms with Crippen LogP contribution in [-0.4, -0.2) is 36.6 Å². The summed E-state index contributed by atoms with van der Waals surface area (Å²) in [6, 6.07) is 8.16. The minimum absolute atomic E-state index is 0.0796. The molecule has 1 aromatic rings. The third-order valence-electron chi connectivity index (χ3n) is 2.67. The molecule has 112 valence electrons. The highest BCUT2D eigenvalue weighted by molar-refractivity contribution is 5.91. The van der Waals surface area contributed by atoms with Crippen molar-refractivity contribution >= 4 is 17.7 Å². The molecular formula is C15H19N3O3. The lowest BCUT2D eigenvalue weighted by Crippen LogP contribution is -2.39. The Kier molecular flexibility index (Phi) is 6.75. The van der Waals surface area contributed by atoms with Crippen LogP contribution in [0.4, 0.5) is 10.5 Å². The quantitative estimate of drug-likeness (QED) is 0.815. The second-order valence-electron chi connectivity index (χ2n) is 4.35. The van der Waals surface area contributed by atoms with Crippen molar-refractivity contribution in [3.8, 4) is 6.07 Å². The number of nitriles is 1. The molecule has 1 N–H and O–H groups in total. The number of benzene rings is 1. The second kappa shape index (κ2) is 8.59. The molecule has 2 amide bonds. The molecule has 0 saturated heterocycles. The fraction of sp³-hybridized carbons (Fsp3) is 0.400. The zero-order valence-corrected chi connectivity index (χ0v) is 12.3. The molecule has 0 fully saturated rings. The van der Waals surface area contributed by atoms with E-state index in [-0.39, 0.29) is 19.2 Å². The fourth-order valence-electron chi connectivity index (χ4n) is 1.72. The summed E-state index contributed by atoms with van der Waals surface area (Å²) >= 11 is 0. The van der Waals surface area contributed by atoms with Crippen LogP contribution in [0.15, 0.2) is 24.3 Å². The third kappa shape index (κ3) is 5.53. The molecule has 0 bridgehead atoms. The maximum Gasteiger partial charge on any atom is 0.325 e. The van der Waals surface area contributed by atoms with E-state index in [0.717, 1.165) is 6.42 Å². The minimum Gasteiger partial charge on any atom is -0.465 e. The van der Waals surface area contributed by atoms with Gasteiger partial charge in [-0.05, 0) is 37.6 Å². The summed E-state index contributed by atoms with van der Waals surface area (Å²) < 4.78 is 4.85. The average molecular weight is 289 g/mol. The van der Waals surface area contributed by atoms with Crippen LogP contribution in [0, 0.1) is 11.3 Å². The van der Waals surface area contributed by atoms with Gasteiger partial charge < -0.3 is 15.0 Å². The van der Waals surface area contributed by atoms with Crippen LogP contribution >= 0.6 is 0 Å². The molecule has 6 nitrogen and oxygen atoms in total. The molecule has 0 aliphatic heterocycles. The Morgan fingerprint density at radius 3 is 2.48 bits per heavy atom. The van der Waals surface area contributed by atoms with Gasteiger partial charge in [-0.2, -0.15) is 5.26 Å². The summed E-state index contributed by atoms with van der Waals surface area (Å²) in [6.45, 7) is 4.31. The molecule has 0 heterocycles. The minimum atomic E-state index is -0.430. The van der Waals surface area contributed by atoms with Crippen molar-refractivity contribution in [2.75, 3.05) is 25.0 Å². The average Bonchev–Trinajstić information content (AvgIpc) is 2.48. The van der Waals surface area contributed by atoms with E-state index < -0.39 is 5.97 Å². The number of nitrogens with zero attached hydrogens (tertiary/aromatic N) is 2. The molecule has 0 unspecified atom stereocenters. The van der Waals surface area contributed by atoms with Crippen LogP contribution in [-0.2, 0) is 9.53 Å². The normalized spacial score (nSPS) is 9.57. The molecule has 0 atom stereocenters. The van der Waals surface area contributed by atoms with E-state index in [2.05, 4.69) is 5.32 Å². The van der Waals surface area contributed by atoms with Gasteiger partial charge in [0.1, 0.15) is 6.54 Å². The van der Waals surface area contributed by atoms with Crippen LogP contribution in [0.25, 0.3) is 0 Å².